The third-order valence-corrected chi connectivity index (χ3v) is 8.10. The van der Waals surface area contributed by atoms with Gasteiger partial charge in [0.25, 0.3) is 0 Å². The van der Waals surface area contributed by atoms with Gasteiger partial charge in [-0.15, -0.1) is 0 Å². The molecule has 0 aromatic heterocycles. The molecule has 1 fully saturated rings. The molecule has 0 radical (unpaired) electrons. The third kappa shape index (κ3) is 9.92. The van der Waals surface area contributed by atoms with Crippen LogP contribution in [0.15, 0.2) is 152 Å². The Morgan fingerprint density at radius 3 is 1.13 bits per heavy atom. The maximum Gasteiger partial charge on any atom is 0.187 e. The predicted molar refractivity (Wildman–Crippen MR) is 181 cm³/mol. The highest BCUT2D eigenvalue weighted by Crippen LogP contribution is 2.32. The monoisotopic (exact) mass is 630 g/mol. The molecule has 5 aromatic rings. The van der Waals surface area contributed by atoms with Crippen molar-refractivity contribution in [2.45, 2.75) is 63.7 Å². The van der Waals surface area contributed by atoms with Crippen LogP contribution < -0.4 is 0 Å². The van der Waals surface area contributed by atoms with Crippen molar-refractivity contribution in [2.24, 2.45) is 0 Å². The average molecular weight is 631 g/mol. The van der Waals surface area contributed by atoms with E-state index in [0.717, 1.165) is 27.8 Å². The van der Waals surface area contributed by atoms with Crippen molar-refractivity contribution in [3.63, 3.8) is 0 Å². The van der Waals surface area contributed by atoms with Crippen molar-refractivity contribution in [1.29, 1.82) is 0 Å². The normalized spacial score (nSPS) is 21.0. The lowest BCUT2D eigenvalue weighted by molar-refractivity contribution is -0.330. The molecule has 5 aromatic carbocycles. The second-order valence-corrected chi connectivity index (χ2v) is 11.6. The van der Waals surface area contributed by atoms with Gasteiger partial charge in [-0.25, -0.2) is 0 Å². The summed E-state index contributed by atoms with van der Waals surface area (Å²) in [4.78, 5) is 0. The molecule has 0 amide bonds. The number of rotatable bonds is 16. The summed E-state index contributed by atoms with van der Waals surface area (Å²) in [5, 5.41) is 0. The summed E-state index contributed by atoms with van der Waals surface area (Å²) in [5.41, 5.74) is 5.29. The smallest absolute Gasteiger partial charge is 0.187 e. The van der Waals surface area contributed by atoms with E-state index in [4.69, 9.17) is 28.4 Å². The maximum atomic E-state index is 6.78. The van der Waals surface area contributed by atoms with Crippen LogP contribution in [0.25, 0.3) is 0 Å². The summed E-state index contributed by atoms with van der Waals surface area (Å²) in [5.74, 6) is 0. The van der Waals surface area contributed by atoms with Gasteiger partial charge in [-0.3, -0.25) is 0 Å². The second-order valence-electron chi connectivity index (χ2n) is 11.6. The minimum atomic E-state index is -0.735. The molecule has 0 saturated carbocycles. The van der Waals surface area contributed by atoms with Crippen LogP contribution in [0.2, 0.25) is 0 Å². The van der Waals surface area contributed by atoms with Crippen molar-refractivity contribution in [2.75, 3.05) is 6.61 Å². The zero-order chi connectivity index (χ0) is 31.9. The van der Waals surface area contributed by atoms with E-state index in [1.165, 1.54) is 0 Å². The van der Waals surface area contributed by atoms with Crippen LogP contribution in [-0.4, -0.2) is 37.3 Å². The number of hydrogen-bond donors (Lipinski definition) is 0. The van der Waals surface area contributed by atoms with Crippen molar-refractivity contribution in [3.8, 4) is 0 Å². The Balaban J connectivity index is 1.29. The van der Waals surface area contributed by atoms with E-state index in [-0.39, 0.29) is 6.61 Å². The van der Waals surface area contributed by atoms with Gasteiger partial charge < -0.3 is 28.4 Å². The fraction of sp³-hybridized carbons (Fsp3) is 0.268. The van der Waals surface area contributed by atoms with Gasteiger partial charge in [0.1, 0.15) is 24.4 Å². The summed E-state index contributed by atoms with van der Waals surface area (Å²) in [6.07, 6.45) is -2.84. The molecule has 0 spiro atoms. The van der Waals surface area contributed by atoms with Crippen LogP contribution in [0.3, 0.4) is 0 Å². The summed E-state index contributed by atoms with van der Waals surface area (Å²) < 4.78 is 39.7. The topological polar surface area (TPSA) is 55.4 Å². The van der Waals surface area contributed by atoms with Gasteiger partial charge in [-0.05, 0) is 27.8 Å². The highest BCUT2D eigenvalue weighted by molar-refractivity contribution is 5.17. The SMILES string of the molecule is c1ccc(COC[C@@H]2O[C@@H](OCc3ccccc3)[C@@H](OCc3ccccc3)[C@H](OCc3ccccc3)[C@H]2OCc2ccccc2)cc1. The third-order valence-electron chi connectivity index (χ3n) is 8.10. The highest BCUT2D eigenvalue weighted by Gasteiger charge is 2.49. The molecule has 0 bridgehead atoms. The van der Waals surface area contributed by atoms with Crippen molar-refractivity contribution < 1.29 is 28.4 Å². The van der Waals surface area contributed by atoms with E-state index in [1.54, 1.807) is 0 Å². The predicted octanol–water partition coefficient (Wildman–Crippen LogP) is 7.90. The van der Waals surface area contributed by atoms with Gasteiger partial charge in [0, 0.05) is 0 Å². The molecular formula is C41H42O6. The Morgan fingerprint density at radius 1 is 0.362 bits per heavy atom. The molecule has 47 heavy (non-hydrogen) atoms. The van der Waals surface area contributed by atoms with Crippen LogP contribution in [-0.2, 0) is 61.5 Å². The summed E-state index contributed by atoms with van der Waals surface area (Å²) in [7, 11) is 0. The molecule has 1 heterocycles. The standard InChI is InChI=1S/C41H42O6/c1-6-16-32(17-7-1)26-42-31-37-38(43-27-33-18-8-2-9-19-33)39(44-28-34-20-10-3-11-21-34)40(45-29-35-22-12-4-13-23-35)41(47-37)46-30-36-24-14-5-15-25-36/h1-25,37-41H,26-31H2/t37-,38-,39+,40-,41+/m0/s1. The largest absolute Gasteiger partial charge is 0.374 e. The summed E-state index contributed by atoms with van der Waals surface area (Å²) >= 11 is 0. The van der Waals surface area contributed by atoms with Crippen LogP contribution >= 0.6 is 0 Å². The molecule has 1 aliphatic heterocycles. The Morgan fingerprint density at radius 2 is 0.702 bits per heavy atom. The van der Waals surface area contributed by atoms with Gasteiger partial charge in [0.15, 0.2) is 6.29 Å². The Bertz CT molecular complexity index is 1550. The molecule has 6 heteroatoms. The van der Waals surface area contributed by atoms with Crippen LogP contribution in [0.1, 0.15) is 27.8 Å². The number of ether oxygens (including phenoxy) is 6. The van der Waals surface area contributed by atoms with Crippen LogP contribution in [0.4, 0.5) is 0 Å². The maximum absolute atomic E-state index is 6.78. The molecule has 1 aliphatic rings. The van der Waals surface area contributed by atoms with Crippen molar-refractivity contribution in [1.82, 2.24) is 0 Å². The fourth-order valence-corrected chi connectivity index (χ4v) is 5.63. The molecule has 1 saturated heterocycles. The van der Waals surface area contributed by atoms with Crippen LogP contribution in [0.5, 0.6) is 0 Å². The molecule has 6 nitrogen and oxygen atoms in total. The van der Waals surface area contributed by atoms with E-state index in [9.17, 15) is 0 Å². The van der Waals surface area contributed by atoms with E-state index in [0.29, 0.717) is 33.0 Å². The molecule has 242 valence electrons. The molecule has 0 aliphatic carbocycles. The first-order valence-corrected chi connectivity index (χ1v) is 16.2. The summed E-state index contributed by atoms with van der Waals surface area (Å²) in [6, 6.07) is 50.6. The molecule has 6 rings (SSSR count). The first-order valence-electron chi connectivity index (χ1n) is 16.2. The van der Waals surface area contributed by atoms with Crippen LogP contribution in [0, 0.1) is 0 Å². The second kappa shape index (κ2) is 17.7. The molecule has 5 atom stereocenters. The lowest BCUT2D eigenvalue weighted by atomic mass is 9.97. The van der Waals surface area contributed by atoms with Crippen molar-refractivity contribution >= 4 is 0 Å². The lowest BCUT2D eigenvalue weighted by Crippen LogP contribution is -2.61. The first kappa shape index (κ1) is 32.8. The molecule has 0 N–H and O–H groups in total. The zero-order valence-electron chi connectivity index (χ0n) is 26.5. The Hall–Kier alpha value is -4.14. The highest BCUT2D eigenvalue weighted by atomic mass is 16.7. The van der Waals surface area contributed by atoms with E-state index in [1.807, 2.05) is 115 Å². The summed E-state index contributed by atoms with van der Waals surface area (Å²) in [6.45, 7) is 2.23. The lowest BCUT2D eigenvalue weighted by Gasteiger charge is -2.46. The number of benzene rings is 5. The van der Waals surface area contributed by atoms with Gasteiger partial charge in [0.2, 0.25) is 0 Å². The van der Waals surface area contributed by atoms with E-state index >= 15 is 0 Å². The van der Waals surface area contributed by atoms with E-state index in [2.05, 4.69) is 36.4 Å². The van der Waals surface area contributed by atoms with Gasteiger partial charge >= 0.3 is 0 Å². The average Bonchev–Trinajstić information content (AvgIpc) is 3.14. The minimum Gasteiger partial charge on any atom is -0.374 e. The Labute approximate surface area is 277 Å². The van der Waals surface area contributed by atoms with E-state index < -0.39 is 30.7 Å². The quantitative estimate of drug-likeness (QED) is 0.111. The minimum absolute atomic E-state index is 0.288. The molecule has 0 unspecified atom stereocenters. The molecular weight excluding hydrogens is 588 g/mol. The fourth-order valence-electron chi connectivity index (χ4n) is 5.63. The van der Waals surface area contributed by atoms with Crippen molar-refractivity contribution in [3.05, 3.63) is 179 Å². The zero-order valence-corrected chi connectivity index (χ0v) is 26.5. The van der Waals surface area contributed by atoms with Gasteiger partial charge in [-0.2, -0.15) is 0 Å². The Kier molecular flexibility index (Phi) is 12.3. The number of hydrogen-bond acceptors (Lipinski definition) is 6. The van der Waals surface area contributed by atoms with Gasteiger partial charge in [0.05, 0.1) is 39.6 Å². The van der Waals surface area contributed by atoms with Gasteiger partial charge in [-0.1, -0.05) is 152 Å². The first-order chi connectivity index (χ1) is 23.3.